The summed E-state index contributed by atoms with van der Waals surface area (Å²) in [5, 5.41) is 0. The summed E-state index contributed by atoms with van der Waals surface area (Å²) in [5.41, 5.74) is 6.33. The number of unbranched alkanes of at least 4 members (excludes halogenated alkanes) is 2. The molecule has 0 amide bonds. The molecule has 0 atom stereocenters. The molecule has 6 nitrogen and oxygen atoms in total. The molecule has 0 saturated heterocycles. The Morgan fingerprint density at radius 3 is 1.38 bits per heavy atom. The molecule has 0 bridgehead atoms. The van der Waals surface area contributed by atoms with Crippen molar-refractivity contribution in [2.75, 3.05) is 13.2 Å². The summed E-state index contributed by atoms with van der Waals surface area (Å²) in [6.45, 7) is 1.39. The number of para-hydroxylation sites is 4. The quantitative estimate of drug-likeness (QED) is 0.195. The third-order valence-corrected chi connectivity index (χ3v) is 6.46. The third-order valence-electron chi connectivity index (χ3n) is 6.46. The molecular formula is C31H28N4O2. The fraction of sp³-hybridized carbons (Fsp3) is 0.161. The summed E-state index contributed by atoms with van der Waals surface area (Å²) in [6.07, 6.45) is 6.75. The van der Waals surface area contributed by atoms with Crippen molar-refractivity contribution in [3.05, 3.63) is 110 Å². The monoisotopic (exact) mass is 488 g/mol. The van der Waals surface area contributed by atoms with Gasteiger partial charge in [-0.15, -0.1) is 0 Å². The molecule has 0 aliphatic rings. The van der Waals surface area contributed by atoms with Gasteiger partial charge in [0, 0.05) is 11.4 Å². The lowest BCUT2D eigenvalue weighted by molar-refractivity contribution is 0.279. The molecule has 0 radical (unpaired) electrons. The maximum atomic E-state index is 5.94. The standard InChI is InChI=1S/C31H28N4O2/c1(6-20-36-26-16-12-24(13-17-26)34-22-32-28-8-2-4-10-30(28)34)7-21-37-27-18-14-25(15-19-27)35-23-33-29-9-3-5-11-31(29)35/h2-5,8-19,22-23H,1,6-7,20-21H2. The Balaban J connectivity index is 0.920. The molecule has 2 aromatic heterocycles. The first-order valence-corrected chi connectivity index (χ1v) is 12.7. The van der Waals surface area contributed by atoms with Gasteiger partial charge in [0.15, 0.2) is 0 Å². The average Bonchev–Trinajstić information content (AvgIpc) is 3.58. The van der Waals surface area contributed by atoms with Crippen LogP contribution in [0.2, 0.25) is 0 Å². The predicted molar refractivity (Wildman–Crippen MR) is 147 cm³/mol. The molecule has 0 unspecified atom stereocenters. The van der Waals surface area contributed by atoms with Crippen molar-refractivity contribution in [2.45, 2.75) is 19.3 Å². The smallest absolute Gasteiger partial charge is 0.119 e. The van der Waals surface area contributed by atoms with E-state index in [9.17, 15) is 0 Å². The molecule has 0 N–H and O–H groups in total. The van der Waals surface area contributed by atoms with Crippen molar-refractivity contribution >= 4 is 22.1 Å². The van der Waals surface area contributed by atoms with Crippen LogP contribution >= 0.6 is 0 Å². The molecule has 0 saturated carbocycles. The molecule has 37 heavy (non-hydrogen) atoms. The second-order valence-corrected chi connectivity index (χ2v) is 8.95. The van der Waals surface area contributed by atoms with E-state index in [2.05, 4.69) is 55.5 Å². The van der Waals surface area contributed by atoms with Gasteiger partial charge in [-0.2, -0.15) is 0 Å². The molecule has 184 valence electrons. The molecule has 0 spiro atoms. The second-order valence-electron chi connectivity index (χ2n) is 8.95. The summed E-state index contributed by atoms with van der Waals surface area (Å²) < 4.78 is 16.1. The van der Waals surface area contributed by atoms with Crippen LogP contribution in [0.1, 0.15) is 19.3 Å². The minimum atomic E-state index is 0.695. The summed E-state index contributed by atoms with van der Waals surface area (Å²) in [4.78, 5) is 8.93. The van der Waals surface area contributed by atoms with Crippen molar-refractivity contribution in [2.24, 2.45) is 0 Å². The van der Waals surface area contributed by atoms with Crippen LogP contribution in [0.3, 0.4) is 0 Å². The fourth-order valence-corrected chi connectivity index (χ4v) is 4.50. The first-order chi connectivity index (χ1) is 18.3. The van der Waals surface area contributed by atoms with E-state index in [1.807, 2.05) is 73.3 Å². The van der Waals surface area contributed by atoms with E-state index < -0.39 is 0 Å². The molecule has 6 aromatic rings. The van der Waals surface area contributed by atoms with Crippen LogP contribution in [0, 0.1) is 0 Å². The Morgan fingerprint density at radius 2 is 0.919 bits per heavy atom. The highest BCUT2D eigenvalue weighted by Gasteiger charge is 2.05. The molecule has 0 aliphatic carbocycles. The van der Waals surface area contributed by atoms with Crippen molar-refractivity contribution in [3.8, 4) is 22.9 Å². The van der Waals surface area contributed by atoms with E-state index >= 15 is 0 Å². The van der Waals surface area contributed by atoms with Crippen LogP contribution in [-0.4, -0.2) is 32.3 Å². The molecule has 0 fully saturated rings. The largest absolute Gasteiger partial charge is 0.494 e. The van der Waals surface area contributed by atoms with Gasteiger partial charge >= 0.3 is 0 Å². The van der Waals surface area contributed by atoms with Crippen molar-refractivity contribution in [1.29, 1.82) is 0 Å². The molecule has 2 heterocycles. The second kappa shape index (κ2) is 10.6. The van der Waals surface area contributed by atoms with Crippen molar-refractivity contribution in [1.82, 2.24) is 19.1 Å². The van der Waals surface area contributed by atoms with E-state index in [1.54, 1.807) is 0 Å². The van der Waals surface area contributed by atoms with Gasteiger partial charge in [0.1, 0.15) is 24.2 Å². The maximum absolute atomic E-state index is 5.94. The SMILES string of the molecule is c1ccc2c(c1)ncn2-c1ccc(OCCCCCOc2ccc(-n3cnc4ccccc43)cc2)cc1. The number of fused-ring (bicyclic) bond motifs is 2. The Bertz CT molecular complexity index is 1480. The van der Waals surface area contributed by atoms with E-state index in [4.69, 9.17) is 9.47 Å². The van der Waals surface area contributed by atoms with Crippen LogP contribution < -0.4 is 9.47 Å². The zero-order chi connectivity index (χ0) is 24.9. The minimum absolute atomic E-state index is 0.695. The van der Waals surface area contributed by atoms with Gasteiger partial charge in [0.2, 0.25) is 0 Å². The Morgan fingerprint density at radius 1 is 0.486 bits per heavy atom. The zero-order valence-corrected chi connectivity index (χ0v) is 20.5. The van der Waals surface area contributed by atoms with Crippen molar-refractivity contribution in [3.63, 3.8) is 0 Å². The lowest BCUT2D eigenvalue weighted by atomic mass is 10.2. The fourth-order valence-electron chi connectivity index (χ4n) is 4.50. The van der Waals surface area contributed by atoms with Crippen LogP contribution in [0.25, 0.3) is 33.4 Å². The first-order valence-electron chi connectivity index (χ1n) is 12.7. The molecule has 0 aliphatic heterocycles. The molecule has 6 heteroatoms. The topological polar surface area (TPSA) is 54.1 Å². The van der Waals surface area contributed by atoms with Gasteiger partial charge in [-0.25, -0.2) is 9.97 Å². The Kier molecular flexibility index (Phi) is 6.54. The molecule has 4 aromatic carbocycles. The number of aromatic nitrogens is 4. The Hall–Kier alpha value is -4.58. The van der Waals surface area contributed by atoms with Gasteiger partial charge < -0.3 is 9.47 Å². The van der Waals surface area contributed by atoms with Crippen LogP contribution in [-0.2, 0) is 0 Å². The molecule has 6 rings (SSSR count). The number of nitrogens with zero attached hydrogens (tertiary/aromatic N) is 4. The van der Waals surface area contributed by atoms with Gasteiger partial charge in [0.25, 0.3) is 0 Å². The highest BCUT2D eigenvalue weighted by atomic mass is 16.5. The Labute approximate surface area is 215 Å². The van der Waals surface area contributed by atoms with E-state index in [0.29, 0.717) is 13.2 Å². The third kappa shape index (κ3) is 5.05. The van der Waals surface area contributed by atoms with Crippen LogP contribution in [0.4, 0.5) is 0 Å². The van der Waals surface area contributed by atoms with Gasteiger partial charge in [-0.05, 0) is 92.1 Å². The number of ether oxygens (including phenoxy) is 2. The molecular weight excluding hydrogens is 460 g/mol. The van der Waals surface area contributed by atoms with Crippen LogP contribution in [0.15, 0.2) is 110 Å². The predicted octanol–water partition coefficient (Wildman–Crippen LogP) is 6.99. The van der Waals surface area contributed by atoms with E-state index in [0.717, 1.165) is 64.2 Å². The number of benzene rings is 4. The number of rotatable bonds is 10. The summed E-state index contributed by atoms with van der Waals surface area (Å²) in [5.74, 6) is 1.77. The summed E-state index contributed by atoms with van der Waals surface area (Å²) >= 11 is 0. The highest BCUT2D eigenvalue weighted by Crippen LogP contribution is 2.22. The summed E-state index contributed by atoms with van der Waals surface area (Å²) in [7, 11) is 0. The van der Waals surface area contributed by atoms with Gasteiger partial charge in [-0.3, -0.25) is 9.13 Å². The van der Waals surface area contributed by atoms with E-state index in [-0.39, 0.29) is 0 Å². The zero-order valence-electron chi connectivity index (χ0n) is 20.5. The summed E-state index contributed by atoms with van der Waals surface area (Å²) in [6, 6.07) is 32.6. The average molecular weight is 489 g/mol. The number of imidazole rings is 2. The highest BCUT2D eigenvalue weighted by molar-refractivity contribution is 5.78. The van der Waals surface area contributed by atoms with Crippen molar-refractivity contribution < 1.29 is 9.47 Å². The first kappa shape index (κ1) is 22.9. The lowest BCUT2D eigenvalue weighted by Crippen LogP contribution is -2.01. The van der Waals surface area contributed by atoms with Gasteiger partial charge in [0.05, 0.1) is 35.3 Å². The maximum Gasteiger partial charge on any atom is 0.119 e. The normalized spacial score (nSPS) is 11.2. The number of hydrogen-bond acceptors (Lipinski definition) is 4. The van der Waals surface area contributed by atoms with E-state index in [1.165, 1.54) is 0 Å². The number of hydrogen-bond donors (Lipinski definition) is 0. The van der Waals surface area contributed by atoms with Gasteiger partial charge in [-0.1, -0.05) is 24.3 Å². The van der Waals surface area contributed by atoms with Crippen LogP contribution in [0.5, 0.6) is 11.5 Å². The lowest BCUT2D eigenvalue weighted by Gasteiger charge is -2.10. The minimum Gasteiger partial charge on any atom is -0.494 e.